The van der Waals surface area contributed by atoms with Crippen molar-refractivity contribution in [1.29, 1.82) is 0 Å². The molecule has 1 aromatic heterocycles. The lowest BCUT2D eigenvalue weighted by atomic mass is 10.2. The molecule has 0 atom stereocenters. The van der Waals surface area contributed by atoms with Crippen LogP contribution in [0.5, 0.6) is 5.75 Å². The first-order chi connectivity index (χ1) is 13.0. The van der Waals surface area contributed by atoms with E-state index < -0.39 is 10.0 Å². The number of sulfonamides is 1. The number of nitrogens with zero attached hydrogens (tertiary/aromatic N) is 2. The molecule has 1 fully saturated rings. The first kappa shape index (κ1) is 19.8. The molecule has 0 unspecified atom stereocenters. The Bertz CT molecular complexity index is 862. The van der Waals surface area contributed by atoms with E-state index in [0.29, 0.717) is 24.4 Å². The van der Waals surface area contributed by atoms with E-state index in [-0.39, 0.29) is 23.2 Å². The van der Waals surface area contributed by atoms with Gasteiger partial charge < -0.3 is 15.0 Å². The van der Waals surface area contributed by atoms with E-state index >= 15 is 0 Å². The van der Waals surface area contributed by atoms with Gasteiger partial charge in [0.15, 0.2) is 0 Å². The van der Waals surface area contributed by atoms with Gasteiger partial charge in [-0.15, -0.1) is 11.3 Å². The summed E-state index contributed by atoms with van der Waals surface area (Å²) in [5.41, 5.74) is 0.716. The lowest BCUT2D eigenvalue weighted by Gasteiger charge is -2.30. The smallest absolute Gasteiger partial charge is 0.253 e. The first-order valence-corrected chi connectivity index (χ1v) is 11.0. The summed E-state index contributed by atoms with van der Waals surface area (Å²) in [5, 5.41) is 4.90. The van der Waals surface area contributed by atoms with Gasteiger partial charge in [0.1, 0.15) is 9.96 Å². The molecule has 3 rings (SSSR count). The quantitative estimate of drug-likeness (QED) is 0.747. The van der Waals surface area contributed by atoms with Gasteiger partial charge in [0.25, 0.3) is 10.0 Å². The second-order valence-electron chi connectivity index (χ2n) is 6.15. The summed E-state index contributed by atoms with van der Waals surface area (Å²) in [7, 11) is -2.24. The van der Waals surface area contributed by atoms with Crippen LogP contribution in [0.25, 0.3) is 0 Å². The average Bonchev–Trinajstić information content (AvgIpc) is 3.24. The lowest BCUT2D eigenvalue weighted by Crippen LogP contribution is -2.50. The Hall–Kier alpha value is -1.94. The van der Waals surface area contributed by atoms with Crippen LogP contribution in [0.15, 0.2) is 46.0 Å². The minimum atomic E-state index is -3.78. The zero-order valence-corrected chi connectivity index (χ0v) is 16.8. The minimum absolute atomic E-state index is 0.0715. The summed E-state index contributed by atoms with van der Waals surface area (Å²) in [4.78, 5) is 14.4. The highest BCUT2D eigenvalue weighted by molar-refractivity contribution is 7.91. The number of hydrogen-bond donors (Lipinski definition) is 1. The van der Waals surface area contributed by atoms with E-state index in [0.717, 1.165) is 24.4 Å². The fraction of sp³-hybridized carbons (Fsp3) is 0.389. The number of methoxy groups -OCH3 is 1. The predicted molar refractivity (Wildman–Crippen MR) is 104 cm³/mol. The van der Waals surface area contributed by atoms with Gasteiger partial charge in [0.05, 0.1) is 13.7 Å². The molecular formula is C18H23N3O4S2. The predicted octanol–water partition coefficient (Wildman–Crippen LogP) is 1.38. The van der Waals surface area contributed by atoms with E-state index in [1.165, 1.54) is 4.31 Å². The highest BCUT2D eigenvalue weighted by Crippen LogP contribution is 2.26. The number of thiophene rings is 1. The number of ether oxygens (including phenoxy) is 1. The Morgan fingerprint density at radius 1 is 1.22 bits per heavy atom. The number of piperazine rings is 1. The molecule has 9 heteroatoms. The molecule has 0 bridgehead atoms. The molecule has 1 N–H and O–H groups in total. The van der Waals surface area contributed by atoms with Crippen molar-refractivity contribution in [2.75, 3.05) is 39.8 Å². The van der Waals surface area contributed by atoms with E-state index in [1.807, 2.05) is 18.2 Å². The van der Waals surface area contributed by atoms with Crippen LogP contribution in [0.4, 0.5) is 0 Å². The number of benzene rings is 1. The van der Waals surface area contributed by atoms with Crippen LogP contribution >= 0.6 is 11.3 Å². The number of carbonyl (C=O) groups is 1. The zero-order chi connectivity index (χ0) is 19.3. The summed E-state index contributed by atoms with van der Waals surface area (Å²) in [6.45, 7) is 2.48. The third-order valence-electron chi connectivity index (χ3n) is 4.41. The van der Waals surface area contributed by atoms with Crippen molar-refractivity contribution >= 4 is 27.3 Å². The topological polar surface area (TPSA) is 79.0 Å². The summed E-state index contributed by atoms with van der Waals surface area (Å²) < 4.78 is 33.1. The summed E-state index contributed by atoms with van der Waals surface area (Å²) in [6.07, 6.45) is 0. The van der Waals surface area contributed by atoms with Crippen molar-refractivity contribution in [3.05, 3.63) is 47.3 Å². The molecule has 1 aromatic carbocycles. The summed E-state index contributed by atoms with van der Waals surface area (Å²) >= 11 is 1.15. The van der Waals surface area contributed by atoms with Crippen molar-refractivity contribution in [3.63, 3.8) is 0 Å². The van der Waals surface area contributed by atoms with E-state index in [1.54, 1.807) is 35.6 Å². The molecule has 7 nitrogen and oxygen atoms in total. The summed E-state index contributed by atoms with van der Waals surface area (Å²) in [6, 6.07) is 10.5. The molecule has 146 valence electrons. The Balaban J connectivity index is 1.87. The third-order valence-corrected chi connectivity index (χ3v) is 7.57. The van der Waals surface area contributed by atoms with Crippen LogP contribution < -0.4 is 10.1 Å². The molecule has 1 aliphatic heterocycles. The molecule has 0 aliphatic carbocycles. The highest BCUT2D eigenvalue weighted by Gasteiger charge is 2.30. The molecule has 1 aliphatic rings. The third kappa shape index (κ3) is 4.67. The SMILES string of the molecule is COc1ccccc1CN(CC(=O)N1CCNCC1)S(=O)(=O)c1cccs1. The van der Waals surface area contributed by atoms with Gasteiger partial charge in [-0.1, -0.05) is 24.3 Å². The Morgan fingerprint density at radius 2 is 1.96 bits per heavy atom. The molecule has 2 heterocycles. The van der Waals surface area contributed by atoms with Crippen LogP contribution in [0, 0.1) is 0 Å². The second-order valence-corrected chi connectivity index (χ2v) is 9.26. The number of hydrogen-bond acceptors (Lipinski definition) is 6. The minimum Gasteiger partial charge on any atom is -0.496 e. The molecule has 2 aromatic rings. The monoisotopic (exact) mass is 409 g/mol. The maximum Gasteiger partial charge on any atom is 0.253 e. The number of carbonyl (C=O) groups excluding carboxylic acids is 1. The van der Waals surface area contributed by atoms with E-state index in [9.17, 15) is 13.2 Å². The Labute approximate surface area is 163 Å². The van der Waals surface area contributed by atoms with Crippen LogP contribution in [0.3, 0.4) is 0 Å². The molecule has 0 saturated carbocycles. The van der Waals surface area contributed by atoms with Crippen molar-refractivity contribution in [2.45, 2.75) is 10.8 Å². The van der Waals surface area contributed by atoms with E-state index in [4.69, 9.17) is 4.74 Å². The molecular weight excluding hydrogens is 386 g/mol. The zero-order valence-electron chi connectivity index (χ0n) is 15.1. The van der Waals surface area contributed by atoms with Gasteiger partial charge >= 0.3 is 0 Å². The molecule has 0 spiro atoms. The molecule has 1 saturated heterocycles. The van der Waals surface area contributed by atoms with Gasteiger partial charge in [-0.2, -0.15) is 4.31 Å². The molecule has 0 radical (unpaired) electrons. The van der Waals surface area contributed by atoms with Crippen LogP contribution in [-0.4, -0.2) is 63.4 Å². The first-order valence-electron chi connectivity index (χ1n) is 8.66. The van der Waals surface area contributed by atoms with Crippen molar-refractivity contribution in [2.24, 2.45) is 0 Å². The van der Waals surface area contributed by atoms with Crippen molar-refractivity contribution < 1.29 is 17.9 Å². The van der Waals surface area contributed by atoms with Crippen LogP contribution in [-0.2, 0) is 21.4 Å². The number of amides is 1. The number of rotatable bonds is 7. The van der Waals surface area contributed by atoms with Gasteiger partial charge in [0, 0.05) is 38.3 Å². The Kier molecular flexibility index (Phi) is 6.48. The Morgan fingerprint density at radius 3 is 2.63 bits per heavy atom. The fourth-order valence-corrected chi connectivity index (χ4v) is 5.46. The maximum absolute atomic E-state index is 13.1. The normalized spacial score (nSPS) is 15.1. The highest BCUT2D eigenvalue weighted by atomic mass is 32.2. The van der Waals surface area contributed by atoms with Gasteiger partial charge in [-0.25, -0.2) is 8.42 Å². The lowest BCUT2D eigenvalue weighted by molar-refractivity contribution is -0.132. The molecule has 1 amide bonds. The van der Waals surface area contributed by atoms with E-state index in [2.05, 4.69) is 5.32 Å². The van der Waals surface area contributed by atoms with Gasteiger partial charge in [-0.05, 0) is 17.5 Å². The fourth-order valence-electron chi connectivity index (χ4n) is 2.95. The van der Waals surface area contributed by atoms with Gasteiger partial charge in [-0.3, -0.25) is 4.79 Å². The average molecular weight is 410 g/mol. The second kappa shape index (κ2) is 8.83. The standard InChI is InChI=1S/C18H23N3O4S2/c1-25-16-6-3-2-5-15(16)13-21(27(23,24)18-7-4-12-26-18)14-17(22)20-10-8-19-9-11-20/h2-7,12,19H,8-11,13-14H2,1H3. The summed E-state index contributed by atoms with van der Waals surface area (Å²) in [5.74, 6) is 0.407. The number of nitrogens with one attached hydrogen (secondary N) is 1. The van der Waals surface area contributed by atoms with Gasteiger partial charge in [0.2, 0.25) is 5.91 Å². The maximum atomic E-state index is 13.1. The molecule has 27 heavy (non-hydrogen) atoms. The van der Waals surface area contributed by atoms with Crippen LogP contribution in [0.1, 0.15) is 5.56 Å². The van der Waals surface area contributed by atoms with Crippen LogP contribution in [0.2, 0.25) is 0 Å². The number of para-hydroxylation sites is 1. The van der Waals surface area contributed by atoms with Crippen molar-refractivity contribution in [1.82, 2.24) is 14.5 Å². The largest absolute Gasteiger partial charge is 0.496 e. The van der Waals surface area contributed by atoms with Crippen molar-refractivity contribution in [3.8, 4) is 5.75 Å².